The van der Waals surface area contributed by atoms with Gasteiger partial charge in [-0.1, -0.05) is 67.4 Å². The van der Waals surface area contributed by atoms with Crippen molar-refractivity contribution in [1.29, 1.82) is 0 Å². The van der Waals surface area contributed by atoms with Crippen molar-refractivity contribution in [1.82, 2.24) is 0 Å². The van der Waals surface area contributed by atoms with Gasteiger partial charge in [0.1, 0.15) is 6.61 Å². The van der Waals surface area contributed by atoms with Gasteiger partial charge in [-0.05, 0) is 85.0 Å². The van der Waals surface area contributed by atoms with E-state index in [-0.39, 0.29) is 31.0 Å². The average molecular weight is 649 g/mol. The van der Waals surface area contributed by atoms with Crippen molar-refractivity contribution in [2.75, 3.05) is 13.2 Å². The number of carbonyl (C=O) groups excluding carboxylic acids is 1. The number of hydrogen-bond acceptors (Lipinski definition) is 8. The topological polar surface area (TPSA) is 138 Å². The lowest BCUT2D eigenvalue weighted by molar-refractivity contribution is -0.227. The predicted molar refractivity (Wildman–Crippen MR) is 169 cm³/mol. The number of hydrogen-bond donors (Lipinski definition) is 2. The van der Waals surface area contributed by atoms with Gasteiger partial charge in [-0.3, -0.25) is 13.8 Å². The molecule has 0 radical (unpaired) electrons. The Morgan fingerprint density at radius 2 is 1.26 bits per heavy atom. The monoisotopic (exact) mass is 648 g/mol. The van der Waals surface area contributed by atoms with Crippen LogP contribution in [0.1, 0.15) is 101 Å². The van der Waals surface area contributed by atoms with Crippen LogP contribution < -0.4 is 0 Å². The summed E-state index contributed by atoms with van der Waals surface area (Å²) in [7, 11) is -9.98. The first-order valence-electron chi connectivity index (χ1n) is 15.0. The van der Waals surface area contributed by atoms with Gasteiger partial charge < -0.3 is 19.3 Å². The second kappa shape index (κ2) is 19.2. The van der Waals surface area contributed by atoms with Gasteiger partial charge in [0.15, 0.2) is 6.29 Å². The third kappa shape index (κ3) is 17.1. The summed E-state index contributed by atoms with van der Waals surface area (Å²) in [4.78, 5) is 31.5. The van der Waals surface area contributed by atoms with E-state index in [9.17, 15) is 23.7 Å². The molecule has 1 rings (SSSR count). The minimum atomic E-state index is -5.05. The normalized spacial score (nSPS) is 26.4. The van der Waals surface area contributed by atoms with Crippen LogP contribution in [-0.4, -0.2) is 41.4 Å². The summed E-state index contributed by atoms with van der Waals surface area (Å²) in [5, 5.41) is 0. The molecule has 10 nitrogen and oxygen atoms in total. The van der Waals surface area contributed by atoms with E-state index in [0.717, 1.165) is 44.1 Å². The van der Waals surface area contributed by atoms with Gasteiger partial charge in [-0.25, -0.2) is 9.13 Å². The van der Waals surface area contributed by atoms with Crippen molar-refractivity contribution in [3.8, 4) is 0 Å². The number of esters is 1. The van der Waals surface area contributed by atoms with Gasteiger partial charge in [0, 0.05) is 12.8 Å². The Bertz CT molecular complexity index is 1110. The molecule has 0 amide bonds. The molecule has 1 heterocycles. The van der Waals surface area contributed by atoms with Crippen molar-refractivity contribution >= 4 is 21.6 Å². The molecule has 43 heavy (non-hydrogen) atoms. The predicted octanol–water partition coefficient (Wildman–Crippen LogP) is 8.58. The molecule has 1 saturated heterocycles. The van der Waals surface area contributed by atoms with Gasteiger partial charge >= 0.3 is 21.6 Å². The number of ether oxygens (including phenoxy) is 2. The fourth-order valence-electron chi connectivity index (χ4n) is 4.56. The summed E-state index contributed by atoms with van der Waals surface area (Å²) < 4.78 is 50.3. The van der Waals surface area contributed by atoms with Crippen LogP contribution >= 0.6 is 15.6 Å². The van der Waals surface area contributed by atoms with Crippen LogP contribution in [0.2, 0.25) is 0 Å². The molecule has 0 aliphatic carbocycles. The first-order chi connectivity index (χ1) is 19.9. The number of phosphoric acid groups is 2. The molecule has 0 aromatic heterocycles. The van der Waals surface area contributed by atoms with Crippen LogP contribution in [0.15, 0.2) is 46.6 Å². The van der Waals surface area contributed by atoms with E-state index in [0.29, 0.717) is 0 Å². The van der Waals surface area contributed by atoms with Crippen molar-refractivity contribution in [3.63, 3.8) is 0 Å². The van der Waals surface area contributed by atoms with Gasteiger partial charge in [-0.2, -0.15) is 4.31 Å². The molecule has 12 heteroatoms. The first-order valence-corrected chi connectivity index (χ1v) is 18.0. The van der Waals surface area contributed by atoms with Crippen molar-refractivity contribution in [3.05, 3.63) is 46.6 Å². The summed E-state index contributed by atoms with van der Waals surface area (Å²) in [6.07, 6.45) is 12.3. The maximum atomic E-state index is 12.6. The summed E-state index contributed by atoms with van der Waals surface area (Å²) in [5.74, 6) is -0.909. The van der Waals surface area contributed by atoms with E-state index in [1.165, 1.54) is 23.6 Å². The quantitative estimate of drug-likeness (QED) is 0.0844. The van der Waals surface area contributed by atoms with Crippen molar-refractivity contribution in [2.45, 2.75) is 113 Å². The van der Waals surface area contributed by atoms with Crippen LogP contribution in [-0.2, 0) is 36.8 Å². The van der Waals surface area contributed by atoms with Gasteiger partial charge in [0.25, 0.3) is 0 Å². The molecule has 7 atom stereocenters. The highest BCUT2D eigenvalue weighted by molar-refractivity contribution is 7.61. The molecule has 0 aromatic carbocycles. The van der Waals surface area contributed by atoms with Gasteiger partial charge in [-0.15, -0.1) is 0 Å². The van der Waals surface area contributed by atoms with E-state index in [2.05, 4.69) is 50.2 Å². The largest absolute Gasteiger partial charge is 0.483 e. The molecule has 248 valence electrons. The Balaban J connectivity index is 2.53. The lowest BCUT2D eigenvalue weighted by atomic mass is 9.79. The van der Waals surface area contributed by atoms with Gasteiger partial charge in [0.05, 0.1) is 12.7 Å². The van der Waals surface area contributed by atoms with Crippen LogP contribution in [0.3, 0.4) is 0 Å². The van der Waals surface area contributed by atoms with E-state index in [1.807, 2.05) is 20.8 Å². The molecule has 0 aromatic rings. The van der Waals surface area contributed by atoms with Crippen LogP contribution in [0.25, 0.3) is 0 Å². The first kappa shape index (κ1) is 39.7. The highest BCUT2D eigenvalue weighted by Crippen LogP contribution is 2.61. The number of carbonyl (C=O) groups is 1. The summed E-state index contributed by atoms with van der Waals surface area (Å²) in [5.41, 5.74) is 5.00. The maximum Gasteiger partial charge on any atom is 0.483 e. The average Bonchev–Trinajstić information content (AvgIpc) is 2.87. The molecule has 2 N–H and O–H groups in total. The van der Waals surface area contributed by atoms with Crippen molar-refractivity contribution < 1.29 is 46.5 Å². The zero-order chi connectivity index (χ0) is 32.8. The lowest BCUT2D eigenvalue weighted by Crippen LogP contribution is -2.47. The van der Waals surface area contributed by atoms with Crippen LogP contribution in [0.4, 0.5) is 0 Å². The second-order valence-electron chi connectivity index (χ2n) is 11.9. The maximum absolute atomic E-state index is 12.6. The zero-order valence-electron chi connectivity index (χ0n) is 27.4. The number of allylic oxidation sites excluding steroid dienone is 7. The molecule has 1 aliphatic rings. The zero-order valence-corrected chi connectivity index (χ0v) is 29.2. The van der Waals surface area contributed by atoms with E-state index < -0.39 is 34.0 Å². The Labute approximate surface area is 258 Å². The van der Waals surface area contributed by atoms with E-state index in [4.69, 9.17) is 18.5 Å². The lowest BCUT2D eigenvalue weighted by Gasteiger charge is -2.43. The fraction of sp³-hybridized carbons (Fsp3) is 0.710. The minimum Gasteiger partial charge on any atom is -0.463 e. The standard InChI is InChI=1S/C31H54O10P2/c1-22(2)13-10-14-23(3)15-11-16-24(4)17-12-18-25(5)19-20-38-42(33,34)41-43(35,36)40-31-28(8)26(6)27(7)30(39-31)21-37-29(9)32/h13,15,17,19,26-28,30-31H,10-12,14,16,18,20-21H2,1-9H3,(H,33,34)(H,35,36)/b23-15+,24-17-,25-19-/t26-,27-,28?,30?,31+/m0/s1. The Morgan fingerprint density at radius 3 is 1.77 bits per heavy atom. The van der Waals surface area contributed by atoms with Crippen molar-refractivity contribution in [2.24, 2.45) is 17.8 Å². The van der Waals surface area contributed by atoms with Crippen LogP contribution in [0, 0.1) is 17.8 Å². The van der Waals surface area contributed by atoms with E-state index in [1.54, 1.807) is 13.0 Å². The molecule has 0 saturated carbocycles. The Kier molecular flexibility index (Phi) is 17.7. The third-order valence-electron chi connectivity index (χ3n) is 7.70. The molecular formula is C31H54O10P2. The molecule has 1 fully saturated rings. The van der Waals surface area contributed by atoms with Gasteiger partial charge in [0.2, 0.25) is 0 Å². The summed E-state index contributed by atoms with van der Waals surface area (Å²) in [6, 6.07) is 0. The Morgan fingerprint density at radius 1 is 0.744 bits per heavy atom. The highest BCUT2D eigenvalue weighted by atomic mass is 31.3. The number of rotatable bonds is 18. The SMILES string of the molecule is CC(=O)OCC1O[C@H](OP(=O)(O)OP(=O)(O)OC/C=C(/C)CC/C=C(/C)CC/C=C(\C)CCC=C(C)C)C(C)[C@@H](C)[C@@H]1C. The molecule has 0 spiro atoms. The number of phosphoric ester groups is 2. The molecule has 0 bridgehead atoms. The van der Waals surface area contributed by atoms with E-state index >= 15 is 0 Å². The third-order valence-corrected chi connectivity index (χ3v) is 10.3. The fourth-order valence-corrected chi connectivity index (χ4v) is 6.72. The molecule has 4 unspecified atom stereocenters. The molecular weight excluding hydrogens is 594 g/mol. The summed E-state index contributed by atoms with van der Waals surface area (Å²) >= 11 is 0. The van der Waals surface area contributed by atoms with Crippen LogP contribution in [0.5, 0.6) is 0 Å². The minimum absolute atomic E-state index is 0.0353. The Hall–Kier alpha value is -1.35. The summed E-state index contributed by atoms with van der Waals surface area (Å²) in [6.45, 7) is 16.9. The smallest absolute Gasteiger partial charge is 0.463 e. The molecule has 1 aliphatic heterocycles. The highest BCUT2D eigenvalue weighted by Gasteiger charge is 2.45. The second-order valence-corrected chi connectivity index (χ2v) is 14.9.